The normalized spacial score (nSPS) is 10.4. The van der Waals surface area contributed by atoms with Crippen molar-refractivity contribution in [3.8, 4) is 11.1 Å². The molecule has 3 heteroatoms. The number of ketones is 1. The highest BCUT2D eigenvalue weighted by Crippen LogP contribution is 2.27. The highest BCUT2D eigenvalue weighted by molar-refractivity contribution is 5.95. The van der Waals surface area contributed by atoms with Gasteiger partial charge in [0.15, 0.2) is 5.78 Å². The second-order valence-electron chi connectivity index (χ2n) is 4.23. The Morgan fingerprint density at radius 1 is 0.944 bits per heavy atom. The molecule has 0 bridgehead atoms. The van der Waals surface area contributed by atoms with Gasteiger partial charge in [0.25, 0.3) is 0 Å². The number of carbonyl (C=O) groups is 1. The topological polar surface area (TPSA) is 17.1 Å². The summed E-state index contributed by atoms with van der Waals surface area (Å²) in [5.41, 5.74) is 1.49. The number of halogens is 2. The van der Waals surface area contributed by atoms with Gasteiger partial charge in [0.05, 0.1) is 0 Å². The first kappa shape index (κ1) is 12.4. The Labute approximate surface area is 104 Å². The summed E-state index contributed by atoms with van der Waals surface area (Å²) >= 11 is 0. The van der Waals surface area contributed by atoms with Crippen LogP contribution in [0.3, 0.4) is 0 Å². The van der Waals surface area contributed by atoms with Crippen molar-refractivity contribution in [3.63, 3.8) is 0 Å². The molecular formula is C15H12F2O. The fraction of sp³-hybridized carbons (Fsp3) is 0.133. The summed E-state index contributed by atoms with van der Waals surface area (Å²) in [7, 11) is 0. The Morgan fingerprint density at radius 3 is 2.11 bits per heavy atom. The molecule has 0 saturated heterocycles. The molecule has 0 amide bonds. The Morgan fingerprint density at radius 2 is 1.50 bits per heavy atom. The minimum atomic E-state index is -0.537. The third-order valence-electron chi connectivity index (χ3n) is 2.78. The lowest BCUT2D eigenvalue weighted by Crippen LogP contribution is -1.96. The smallest absolute Gasteiger partial charge is 0.159 e. The third kappa shape index (κ3) is 2.30. The Bertz CT molecular complexity index is 618. The lowest BCUT2D eigenvalue weighted by molar-refractivity contribution is 0.101. The van der Waals surface area contributed by atoms with Crippen molar-refractivity contribution in [2.24, 2.45) is 0 Å². The summed E-state index contributed by atoms with van der Waals surface area (Å²) in [5, 5.41) is 0. The molecule has 0 saturated carbocycles. The molecule has 0 fully saturated rings. The molecule has 92 valence electrons. The van der Waals surface area contributed by atoms with Crippen LogP contribution in [-0.2, 0) is 0 Å². The molecule has 2 aromatic rings. The summed E-state index contributed by atoms with van der Waals surface area (Å²) in [6.45, 7) is 3.19. The van der Waals surface area contributed by atoms with E-state index in [1.165, 1.54) is 31.2 Å². The zero-order valence-electron chi connectivity index (χ0n) is 10.1. The summed E-state index contributed by atoms with van der Waals surface area (Å²) < 4.78 is 27.5. The van der Waals surface area contributed by atoms with Crippen molar-refractivity contribution < 1.29 is 13.6 Å². The van der Waals surface area contributed by atoms with E-state index < -0.39 is 11.6 Å². The number of Topliss-reactive ketones (excluding diaryl/α,β-unsaturated/α-hetero) is 1. The standard InChI is InChI=1S/C15H12F2O/c1-9-3-5-14(16)12(7-9)13-8-11(10(2)18)4-6-15(13)17/h3-8H,1-2H3. The minimum Gasteiger partial charge on any atom is -0.295 e. The zero-order chi connectivity index (χ0) is 13.3. The Balaban J connectivity index is 2.66. The van der Waals surface area contributed by atoms with Gasteiger partial charge in [-0.1, -0.05) is 11.6 Å². The van der Waals surface area contributed by atoms with E-state index in [1.807, 2.05) is 0 Å². The number of carbonyl (C=O) groups excluding carboxylic acids is 1. The van der Waals surface area contributed by atoms with Crippen LogP contribution in [0.4, 0.5) is 8.78 Å². The number of hydrogen-bond donors (Lipinski definition) is 0. The fourth-order valence-corrected chi connectivity index (χ4v) is 1.80. The van der Waals surface area contributed by atoms with Crippen LogP contribution >= 0.6 is 0 Å². The molecule has 0 atom stereocenters. The van der Waals surface area contributed by atoms with E-state index in [0.717, 1.165) is 5.56 Å². The molecule has 0 unspecified atom stereocenters. The van der Waals surface area contributed by atoms with E-state index >= 15 is 0 Å². The van der Waals surface area contributed by atoms with Crippen LogP contribution in [0.15, 0.2) is 36.4 Å². The molecule has 18 heavy (non-hydrogen) atoms. The van der Waals surface area contributed by atoms with E-state index in [0.29, 0.717) is 5.56 Å². The number of rotatable bonds is 2. The molecule has 0 aromatic heterocycles. The first-order valence-electron chi connectivity index (χ1n) is 5.56. The van der Waals surface area contributed by atoms with Crippen LogP contribution in [0, 0.1) is 18.6 Å². The predicted molar refractivity (Wildman–Crippen MR) is 66.5 cm³/mol. The summed E-state index contributed by atoms with van der Waals surface area (Å²) in [4.78, 5) is 11.3. The number of aryl methyl sites for hydroxylation is 1. The lowest BCUT2D eigenvalue weighted by atomic mass is 9.99. The molecule has 1 nitrogen and oxygen atoms in total. The maximum atomic E-state index is 13.8. The number of benzene rings is 2. The molecular weight excluding hydrogens is 234 g/mol. The van der Waals surface area contributed by atoms with Gasteiger partial charge in [-0.3, -0.25) is 4.79 Å². The monoisotopic (exact) mass is 246 g/mol. The minimum absolute atomic E-state index is 0.115. The molecule has 0 aliphatic carbocycles. The molecule has 0 spiro atoms. The third-order valence-corrected chi connectivity index (χ3v) is 2.78. The predicted octanol–water partition coefficient (Wildman–Crippen LogP) is 4.14. The van der Waals surface area contributed by atoms with Gasteiger partial charge >= 0.3 is 0 Å². The molecule has 0 N–H and O–H groups in total. The fourth-order valence-electron chi connectivity index (χ4n) is 1.80. The maximum Gasteiger partial charge on any atom is 0.159 e. The van der Waals surface area contributed by atoms with Crippen LogP contribution < -0.4 is 0 Å². The van der Waals surface area contributed by atoms with Gasteiger partial charge in [-0.25, -0.2) is 8.78 Å². The summed E-state index contributed by atoms with van der Waals surface area (Å²) in [5.74, 6) is -1.21. The van der Waals surface area contributed by atoms with E-state index in [9.17, 15) is 13.6 Å². The molecule has 0 heterocycles. The van der Waals surface area contributed by atoms with Gasteiger partial charge in [-0.2, -0.15) is 0 Å². The van der Waals surface area contributed by atoms with Gasteiger partial charge in [-0.05, 0) is 44.2 Å². The number of hydrogen-bond acceptors (Lipinski definition) is 1. The molecule has 2 rings (SSSR count). The first-order valence-corrected chi connectivity index (χ1v) is 5.56. The highest BCUT2D eigenvalue weighted by Gasteiger charge is 2.12. The molecule has 0 radical (unpaired) electrons. The van der Waals surface area contributed by atoms with E-state index in [1.54, 1.807) is 19.1 Å². The van der Waals surface area contributed by atoms with E-state index in [4.69, 9.17) is 0 Å². The van der Waals surface area contributed by atoms with Crippen molar-refractivity contribution in [2.45, 2.75) is 13.8 Å². The van der Waals surface area contributed by atoms with E-state index in [2.05, 4.69) is 0 Å². The quantitative estimate of drug-likeness (QED) is 0.728. The average molecular weight is 246 g/mol. The van der Waals surface area contributed by atoms with Crippen molar-refractivity contribution in [3.05, 3.63) is 59.2 Å². The maximum absolute atomic E-state index is 13.8. The van der Waals surface area contributed by atoms with Crippen molar-refractivity contribution in [1.82, 2.24) is 0 Å². The van der Waals surface area contributed by atoms with Crippen LogP contribution in [0.2, 0.25) is 0 Å². The lowest BCUT2D eigenvalue weighted by Gasteiger charge is -2.07. The summed E-state index contributed by atoms with van der Waals surface area (Å²) in [6.07, 6.45) is 0. The van der Waals surface area contributed by atoms with Gasteiger partial charge in [0.1, 0.15) is 11.6 Å². The van der Waals surface area contributed by atoms with Crippen molar-refractivity contribution in [1.29, 1.82) is 0 Å². The van der Waals surface area contributed by atoms with Gasteiger partial charge < -0.3 is 0 Å². The van der Waals surface area contributed by atoms with Gasteiger partial charge in [-0.15, -0.1) is 0 Å². The van der Waals surface area contributed by atoms with Gasteiger partial charge in [0, 0.05) is 16.7 Å². The Hall–Kier alpha value is -2.03. The zero-order valence-corrected chi connectivity index (χ0v) is 10.1. The summed E-state index contributed by atoms with van der Waals surface area (Å²) in [6, 6.07) is 8.45. The Kier molecular flexibility index (Phi) is 3.24. The van der Waals surface area contributed by atoms with Crippen molar-refractivity contribution in [2.75, 3.05) is 0 Å². The molecule has 0 aliphatic heterocycles. The SMILES string of the molecule is CC(=O)c1ccc(F)c(-c2cc(C)ccc2F)c1. The largest absolute Gasteiger partial charge is 0.295 e. The van der Waals surface area contributed by atoms with Crippen LogP contribution in [0.1, 0.15) is 22.8 Å². The average Bonchev–Trinajstić information content (AvgIpc) is 2.33. The second kappa shape index (κ2) is 4.69. The second-order valence-corrected chi connectivity index (χ2v) is 4.23. The van der Waals surface area contributed by atoms with Gasteiger partial charge in [0.2, 0.25) is 0 Å². The van der Waals surface area contributed by atoms with Crippen molar-refractivity contribution >= 4 is 5.78 Å². The highest BCUT2D eigenvalue weighted by atomic mass is 19.1. The molecule has 0 aliphatic rings. The van der Waals surface area contributed by atoms with Crippen LogP contribution in [-0.4, -0.2) is 5.78 Å². The van der Waals surface area contributed by atoms with E-state index in [-0.39, 0.29) is 16.9 Å². The first-order chi connectivity index (χ1) is 8.49. The van der Waals surface area contributed by atoms with Crippen LogP contribution in [0.25, 0.3) is 11.1 Å². The van der Waals surface area contributed by atoms with Crippen LogP contribution in [0.5, 0.6) is 0 Å². The molecule has 2 aromatic carbocycles.